The van der Waals surface area contributed by atoms with E-state index >= 15 is 0 Å². The van der Waals surface area contributed by atoms with E-state index in [4.69, 9.17) is 4.74 Å². The van der Waals surface area contributed by atoms with Crippen LogP contribution in [0.4, 0.5) is 0 Å². The lowest BCUT2D eigenvalue weighted by atomic mass is 10.1. The van der Waals surface area contributed by atoms with E-state index in [-0.39, 0.29) is 0 Å². The van der Waals surface area contributed by atoms with E-state index in [1.54, 1.807) is 0 Å². The molecule has 0 saturated heterocycles. The van der Waals surface area contributed by atoms with Crippen LogP contribution in [0.2, 0.25) is 0 Å². The molecule has 24 heavy (non-hydrogen) atoms. The van der Waals surface area contributed by atoms with Gasteiger partial charge in [-0.3, -0.25) is 0 Å². The molecule has 0 fully saturated rings. The molecular formula is C23H22O. The minimum atomic E-state index is 0.706. The summed E-state index contributed by atoms with van der Waals surface area (Å²) in [5, 5.41) is 0. The minimum Gasteiger partial charge on any atom is -0.493 e. The van der Waals surface area contributed by atoms with Gasteiger partial charge < -0.3 is 4.74 Å². The van der Waals surface area contributed by atoms with Crippen molar-refractivity contribution in [2.75, 3.05) is 6.61 Å². The lowest BCUT2D eigenvalue weighted by molar-refractivity contribution is 0.322. The van der Waals surface area contributed by atoms with Gasteiger partial charge in [0.05, 0.1) is 6.61 Å². The van der Waals surface area contributed by atoms with Crippen molar-refractivity contribution in [2.45, 2.75) is 12.8 Å². The van der Waals surface area contributed by atoms with Crippen molar-refractivity contribution in [1.29, 1.82) is 0 Å². The Hall–Kier alpha value is -2.80. The first kappa shape index (κ1) is 16.1. The van der Waals surface area contributed by atoms with Crippen molar-refractivity contribution < 1.29 is 4.74 Å². The van der Waals surface area contributed by atoms with Crippen molar-refractivity contribution in [2.24, 2.45) is 0 Å². The largest absolute Gasteiger partial charge is 0.493 e. The Bertz CT molecular complexity index is 743. The maximum absolute atomic E-state index is 5.74. The van der Waals surface area contributed by atoms with Gasteiger partial charge in [-0.05, 0) is 35.2 Å². The third-order valence-corrected chi connectivity index (χ3v) is 3.89. The van der Waals surface area contributed by atoms with Crippen molar-refractivity contribution in [3.63, 3.8) is 0 Å². The fraction of sp³-hybridized carbons (Fsp3) is 0.130. The maximum atomic E-state index is 5.74. The quantitative estimate of drug-likeness (QED) is 0.554. The SMILES string of the molecule is C(=Cc1ccccc1)Cc1ccc(CCOc2ccccc2)cc1. The van der Waals surface area contributed by atoms with E-state index in [0.29, 0.717) is 6.61 Å². The summed E-state index contributed by atoms with van der Waals surface area (Å²) in [6, 6.07) is 29.1. The van der Waals surface area contributed by atoms with Gasteiger partial charge in [-0.25, -0.2) is 0 Å². The van der Waals surface area contributed by atoms with Gasteiger partial charge in [0.25, 0.3) is 0 Å². The molecule has 3 aromatic rings. The minimum absolute atomic E-state index is 0.706. The second-order valence-electron chi connectivity index (χ2n) is 5.75. The Morgan fingerprint density at radius 1 is 0.667 bits per heavy atom. The molecule has 1 heteroatoms. The fourth-order valence-electron chi connectivity index (χ4n) is 2.54. The second-order valence-corrected chi connectivity index (χ2v) is 5.75. The van der Waals surface area contributed by atoms with Crippen LogP contribution in [-0.4, -0.2) is 6.61 Å². The zero-order valence-corrected chi connectivity index (χ0v) is 13.8. The lowest BCUT2D eigenvalue weighted by Crippen LogP contribution is -2.01. The highest BCUT2D eigenvalue weighted by Crippen LogP contribution is 2.11. The summed E-state index contributed by atoms with van der Waals surface area (Å²) in [5.74, 6) is 0.931. The van der Waals surface area contributed by atoms with Gasteiger partial charge in [-0.2, -0.15) is 0 Å². The summed E-state index contributed by atoms with van der Waals surface area (Å²) in [6.07, 6.45) is 6.26. The zero-order valence-electron chi connectivity index (χ0n) is 13.8. The van der Waals surface area contributed by atoms with Crippen LogP contribution in [0.3, 0.4) is 0 Å². The van der Waals surface area contributed by atoms with Gasteiger partial charge >= 0.3 is 0 Å². The molecule has 3 rings (SSSR count). The maximum Gasteiger partial charge on any atom is 0.119 e. The average molecular weight is 314 g/mol. The number of para-hydroxylation sites is 1. The summed E-state index contributed by atoms with van der Waals surface area (Å²) in [5.41, 5.74) is 3.88. The molecule has 0 saturated carbocycles. The molecule has 120 valence electrons. The summed E-state index contributed by atoms with van der Waals surface area (Å²) in [4.78, 5) is 0. The molecule has 0 unspecified atom stereocenters. The van der Waals surface area contributed by atoms with Gasteiger partial charge in [0.2, 0.25) is 0 Å². The molecule has 0 bridgehead atoms. The summed E-state index contributed by atoms with van der Waals surface area (Å²) in [6.45, 7) is 0.706. The highest BCUT2D eigenvalue weighted by atomic mass is 16.5. The van der Waals surface area contributed by atoms with Crippen LogP contribution >= 0.6 is 0 Å². The van der Waals surface area contributed by atoms with Gasteiger partial charge in [0.1, 0.15) is 5.75 Å². The monoisotopic (exact) mass is 314 g/mol. The van der Waals surface area contributed by atoms with Gasteiger partial charge in [0, 0.05) is 6.42 Å². The van der Waals surface area contributed by atoms with Crippen LogP contribution in [0, 0.1) is 0 Å². The molecule has 0 radical (unpaired) electrons. The van der Waals surface area contributed by atoms with Crippen LogP contribution in [-0.2, 0) is 12.8 Å². The molecule has 0 aliphatic rings. The molecule has 0 heterocycles. The number of ether oxygens (including phenoxy) is 1. The Morgan fingerprint density at radius 2 is 1.29 bits per heavy atom. The summed E-state index contributed by atoms with van der Waals surface area (Å²) >= 11 is 0. The van der Waals surface area contributed by atoms with E-state index < -0.39 is 0 Å². The van der Waals surface area contributed by atoms with Crippen molar-refractivity contribution in [1.82, 2.24) is 0 Å². The van der Waals surface area contributed by atoms with Crippen LogP contribution in [0.15, 0.2) is 91.0 Å². The molecule has 0 aliphatic carbocycles. The first-order valence-electron chi connectivity index (χ1n) is 8.37. The lowest BCUT2D eigenvalue weighted by Gasteiger charge is -2.06. The Kier molecular flexibility index (Phi) is 5.85. The molecule has 1 nitrogen and oxygen atoms in total. The van der Waals surface area contributed by atoms with E-state index in [0.717, 1.165) is 18.6 Å². The van der Waals surface area contributed by atoms with Crippen LogP contribution in [0.25, 0.3) is 6.08 Å². The Balaban J connectivity index is 1.46. The topological polar surface area (TPSA) is 9.23 Å². The van der Waals surface area contributed by atoms with Crippen molar-refractivity contribution in [3.8, 4) is 5.75 Å². The van der Waals surface area contributed by atoms with Crippen LogP contribution in [0.1, 0.15) is 16.7 Å². The summed E-state index contributed by atoms with van der Waals surface area (Å²) in [7, 11) is 0. The Morgan fingerprint density at radius 3 is 2.00 bits per heavy atom. The molecular weight excluding hydrogens is 292 g/mol. The normalized spacial score (nSPS) is 10.8. The van der Waals surface area contributed by atoms with E-state index in [1.165, 1.54) is 16.7 Å². The number of allylic oxidation sites excluding steroid dienone is 1. The van der Waals surface area contributed by atoms with Gasteiger partial charge in [0.15, 0.2) is 0 Å². The average Bonchev–Trinajstić information content (AvgIpc) is 2.65. The molecule has 0 aliphatic heterocycles. The standard InChI is InChI=1S/C23H22O/c1-3-8-20(9-4-1)10-7-11-21-14-16-22(17-15-21)18-19-24-23-12-5-2-6-13-23/h1-10,12-17H,11,18-19H2. The third kappa shape index (κ3) is 5.13. The highest BCUT2D eigenvalue weighted by molar-refractivity contribution is 5.49. The first-order valence-corrected chi connectivity index (χ1v) is 8.37. The van der Waals surface area contributed by atoms with Crippen molar-refractivity contribution in [3.05, 3.63) is 108 Å². The Labute approximate surface area is 144 Å². The third-order valence-electron chi connectivity index (χ3n) is 3.89. The van der Waals surface area contributed by atoms with Gasteiger partial charge in [-0.1, -0.05) is 84.9 Å². The zero-order chi connectivity index (χ0) is 16.5. The van der Waals surface area contributed by atoms with Crippen LogP contribution in [0.5, 0.6) is 5.75 Å². The predicted octanol–water partition coefficient (Wildman–Crippen LogP) is 5.56. The molecule has 0 atom stereocenters. The molecule has 3 aromatic carbocycles. The number of benzene rings is 3. The fourth-order valence-corrected chi connectivity index (χ4v) is 2.54. The smallest absolute Gasteiger partial charge is 0.119 e. The first-order chi connectivity index (χ1) is 11.9. The molecule has 0 N–H and O–H groups in total. The van der Waals surface area contributed by atoms with Crippen LogP contribution < -0.4 is 4.74 Å². The summed E-state index contributed by atoms with van der Waals surface area (Å²) < 4.78 is 5.74. The number of hydrogen-bond donors (Lipinski definition) is 0. The molecule has 0 aromatic heterocycles. The second kappa shape index (κ2) is 8.73. The molecule has 0 spiro atoms. The van der Waals surface area contributed by atoms with E-state index in [1.807, 2.05) is 36.4 Å². The predicted molar refractivity (Wildman–Crippen MR) is 101 cm³/mol. The molecule has 0 amide bonds. The number of rotatable bonds is 7. The van der Waals surface area contributed by atoms with Gasteiger partial charge in [-0.15, -0.1) is 0 Å². The van der Waals surface area contributed by atoms with E-state index in [2.05, 4.69) is 60.7 Å². The van der Waals surface area contributed by atoms with E-state index in [9.17, 15) is 0 Å². The van der Waals surface area contributed by atoms with Crippen molar-refractivity contribution >= 4 is 6.08 Å². The number of hydrogen-bond acceptors (Lipinski definition) is 1. The highest BCUT2D eigenvalue weighted by Gasteiger charge is 1.96.